The number of hydrogen-bond acceptors (Lipinski definition) is 3. The summed E-state index contributed by atoms with van der Waals surface area (Å²) in [6.45, 7) is 1.74. The number of hydrazine groups is 1. The van der Waals surface area contributed by atoms with Gasteiger partial charge in [0.2, 0.25) is 0 Å². The summed E-state index contributed by atoms with van der Waals surface area (Å²) in [5.74, 6) is -0.233. The molecule has 114 valence electrons. The molecule has 0 aliphatic heterocycles. The molecular weight excluding hydrogens is 348 g/mol. The minimum absolute atomic E-state index is 0.184. The number of ether oxygens (including phenoxy) is 1. The van der Waals surface area contributed by atoms with Crippen LogP contribution in [-0.4, -0.2) is 18.4 Å². The second-order valence-electron chi connectivity index (χ2n) is 4.57. The lowest BCUT2D eigenvalue weighted by Crippen LogP contribution is -2.43. The highest BCUT2D eigenvalue weighted by Crippen LogP contribution is 2.21. The molecule has 2 aromatic carbocycles. The van der Waals surface area contributed by atoms with Gasteiger partial charge in [-0.05, 0) is 42.8 Å². The zero-order chi connectivity index (χ0) is 15.9. The largest absolute Gasteiger partial charge is 0.484 e. The van der Waals surface area contributed by atoms with Crippen molar-refractivity contribution in [3.8, 4) is 5.75 Å². The van der Waals surface area contributed by atoms with Crippen molar-refractivity contribution in [3.05, 3.63) is 64.1 Å². The summed E-state index contributed by atoms with van der Waals surface area (Å²) in [5, 5.41) is 0. The van der Waals surface area contributed by atoms with E-state index in [9.17, 15) is 9.59 Å². The van der Waals surface area contributed by atoms with Gasteiger partial charge in [0.25, 0.3) is 11.8 Å². The topological polar surface area (TPSA) is 67.4 Å². The lowest BCUT2D eigenvalue weighted by molar-refractivity contribution is -0.123. The normalized spacial score (nSPS) is 9.91. The minimum atomic E-state index is -0.440. The van der Waals surface area contributed by atoms with Gasteiger partial charge in [-0.1, -0.05) is 34.1 Å². The van der Waals surface area contributed by atoms with Crippen LogP contribution < -0.4 is 15.6 Å². The van der Waals surface area contributed by atoms with Gasteiger partial charge in [0.05, 0.1) is 0 Å². The number of benzene rings is 2. The Hall–Kier alpha value is -2.34. The van der Waals surface area contributed by atoms with Gasteiger partial charge in [-0.2, -0.15) is 0 Å². The molecular formula is C16H15BrN2O3. The Morgan fingerprint density at radius 3 is 2.50 bits per heavy atom. The van der Waals surface area contributed by atoms with Crippen LogP contribution in [-0.2, 0) is 4.79 Å². The Labute approximate surface area is 136 Å². The van der Waals surface area contributed by atoms with Gasteiger partial charge in [-0.15, -0.1) is 0 Å². The number of hydrogen-bond donors (Lipinski definition) is 2. The van der Waals surface area contributed by atoms with Crippen LogP contribution in [0.5, 0.6) is 5.75 Å². The Bertz CT molecular complexity index is 674. The molecule has 0 radical (unpaired) electrons. The van der Waals surface area contributed by atoms with E-state index < -0.39 is 5.91 Å². The number of carbonyl (C=O) groups is 2. The third kappa shape index (κ3) is 4.60. The van der Waals surface area contributed by atoms with E-state index in [1.54, 1.807) is 30.3 Å². The molecule has 0 saturated heterocycles. The quantitative estimate of drug-likeness (QED) is 0.821. The molecule has 2 amide bonds. The predicted molar refractivity (Wildman–Crippen MR) is 86.4 cm³/mol. The Morgan fingerprint density at radius 1 is 1.09 bits per heavy atom. The van der Waals surface area contributed by atoms with Crippen molar-refractivity contribution in [2.45, 2.75) is 6.92 Å². The molecule has 2 rings (SSSR count). The first-order valence-electron chi connectivity index (χ1n) is 6.59. The smallest absolute Gasteiger partial charge is 0.276 e. The second-order valence-corrected chi connectivity index (χ2v) is 5.42. The Morgan fingerprint density at radius 2 is 1.82 bits per heavy atom. The molecule has 0 spiro atoms. The molecule has 5 nitrogen and oxygen atoms in total. The first kappa shape index (κ1) is 16.0. The van der Waals surface area contributed by atoms with Crippen molar-refractivity contribution in [1.82, 2.24) is 10.9 Å². The number of halogens is 1. The highest BCUT2D eigenvalue weighted by Gasteiger charge is 2.07. The standard InChI is InChI=1S/C16H15BrN2O3/c1-11-9-13(7-8-14(11)17)22-10-15(20)18-19-16(21)12-5-3-2-4-6-12/h2-9H,10H2,1H3,(H,18,20)(H,19,21). The van der Waals surface area contributed by atoms with Gasteiger partial charge in [-0.3, -0.25) is 20.4 Å². The molecule has 2 aromatic rings. The maximum Gasteiger partial charge on any atom is 0.276 e. The van der Waals surface area contributed by atoms with Crippen LogP contribution in [0.25, 0.3) is 0 Å². The molecule has 22 heavy (non-hydrogen) atoms. The molecule has 0 heterocycles. The molecule has 0 unspecified atom stereocenters. The SMILES string of the molecule is Cc1cc(OCC(=O)NNC(=O)c2ccccc2)ccc1Br. The monoisotopic (exact) mass is 362 g/mol. The lowest BCUT2D eigenvalue weighted by Gasteiger charge is -2.09. The van der Waals surface area contributed by atoms with Crippen molar-refractivity contribution in [3.63, 3.8) is 0 Å². The highest BCUT2D eigenvalue weighted by atomic mass is 79.9. The zero-order valence-corrected chi connectivity index (χ0v) is 13.5. The average Bonchev–Trinajstić information content (AvgIpc) is 2.54. The number of amides is 2. The van der Waals surface area contributed by atoms with E-state index in [2.05, 4.69) is 26.8 Å². The van der Waals surface area contributed by atoms with Crippen LogP contribution in [0, 0.1) is 6.92 Å². The lowest BCUT2D eigenvalue weighted by atomic mass is 10.2. The van der Waals surface area contributed by atoms with E-state index in [0.717, 1.165) is 10.0 Å². The van der Waals surface area contributed by atoms with Crippen molar-refractivity contribution >= 4 is 27.7 Å². The van der Waals surface area contributed by atoms with E-state index in [1.165, 1.54) is 0 Å². The minimum Gasteiger partial charge on any atom is -0.484 e. The van der Waals surface area contributed by atoms with Gasteiger partial charge < -0.3 is 4.74 Å². The third-order valence-electron chi connectivity index (χ3n) is 2.85. The van der Waals surface area contributed by atoms with Crippen LogP contribution in [0.2, 0.25) is 0 Å². The molecule has 0 aromatic heterocycles. The molecule has 0 atom stereocenters. The molecule has 0 bridgehead atoms. The third-order valence-corrected chi connectivity index (χ3v) is 3.74. The fraction of sp³-hybridized carbons (Fsp3) is 0.125. The molecule has 0 aliphatic rings. The first-order chi connectivity index (χ1) is 10.6. The summed E-state index contributed by atoms with van der Waals surface area (Å²) in [5.41, 5.74) is 6.11. The molecule has 0 saturated carbocycles. The predicted octanol–water partition coefficient (Wildman–Crippen LogP) is 2.60. The summed E-state index contributed by atoms with van der Waals surface area (Å²) < 4.78 is 6.33. The van der Waals surface area contributed by atoms with E-state index in [1.807, 2.05) is 25.1 Å². The van der Waals surface area contributed by atoms with Crippen molar-refractivity contribution < 1.29 is 14.3 Å². The van der Waals surface area contributed by atoms with Crippen LogP contribution in [0.3, 0.4) is 0 Å². The van der Waals surface area contributed by atoms with Crippen molar-refractivity contribution in [1.29, 1.82) is 0 Å². The number of nitrogens with one attached hydrogen (secondary N) is 2. The van der Waals surface area contributed by atoms with Gasteiger partial charge in [-0.25, -0.2) is 0 Å². The first-order valence-corrected chi connectivity index (χ1v) is 7.39. The average molecular weight is 363 g/mol. The summed E-state index contributed by atoms with van der Waals surface area (Å²) in [7, 11) is 0. The summed E-state index contributed by atoms with van der Waals surface area (Å²) in [6.07, 6.45) is 0. The molecule has 2 N–H and O–H groups in total. The van der Waals surface area contributed by atoms with Gasteiger partial charge >= 0.3 is 0 Å². The fourth-order valence-corrected chi connectivity index (χ4v) is 1.93. The number of rotatable bonds is 4. The maximum absolute atomic E-state index is 11.7. The van der Waals surface area contributed by atoms with Crippen LogP contribution in [0.15, 0.2) is 53.0 Å². The van der Waals surface area contributed by atoms with E-state index in [4.69, 9.17) is 4.74 Å². The zero-order valence-electron chi connectivity index (χ0n) is 11.9. The van der Waals surface area contributed by atoms with Crippen molar-refractivity contribution in [2.24, 2.45) is 0 Å². The highest BCUT2D eigenvalue weighted by molar-refractivity contribution is 9.10. The number of aryl methyl sites for hydroxylation is 1. The molecule has 6 heteroatoms. The Kier molecular flexibility index (Phi) is 5.55. The fourth-order valence-electron chi connectivity index (χ4n) is 1.68. The van der Waals surface area contributed by atoms with Gasteiger partial charge in [0.1, 0.15) is 5.75 Å². The van der Waals surface area contributed by atoms with Crippen LogP contribution >= 0.6 is 15.9 Å². The van der Waals surface area contributed by atoms with E-state index in [-0.39, 0.29) is 12.5 Å². The van der Waals surface area contributed by atoms with Crippen molar-refractivity contribution in [2.75, 3.05) is 6.61 Å². The van der Waals surface area contributed by atoms with Gasteiger partial charge in [0, 0.05) is 10.0 Å². The summed E-state index contributed by atoms with van der Waals surface area (Å²) in [6, 6.07) is 14.0. The van der Waals surface area contributed by atoms with Crippen LogP contribution in [0.1, 0.15) is 15.9 Å². The molecule has 0 fully saturated rings. The Balaban J connectivity index is 1.78. The van der Waals surface area contributed by atoms with E-state index >= 15 is 0 Å². The number of carbonyl (C=O) groups excluding carboxylic acids is 2. The maximum atomic E-state index is 11.7. The van der Waals surface area contributed by atoms with Gasteiger partial charge in [0.15, 0.2) is 6.61 Å². The summed E-state index contributed by atoms with van der Waals surface area (Å²) >= 11 is 3.39. The summed E-state index contributed by atoms with van der Waals surface area (Å²) in [4.78, 5) is 23.4. The van der Waals surface area contributed by atoms with Crippen LogP contribution in [0.4, 0.5) is 0 Å². The van der Waals surface area contributed by atoms with E-state index in [0.29, 0.717) is 11.3 Å². The second kappa shape index (κ2) is 7.61. The molecule has 0 aliphatic carbocycles.